The van der Waals surface area contributed by atoms with E-state index in [0.29, 0.717) is 19.3 Å². The molecule has 0 amide bonds. The Labute approximate surface area is 333 Å². The van der Waals surface area contributed by atoms with Gasteiger partial charge >= 0.3 is 13.8 Å². The molecule has 0 bridgehead atoms. The second-order valence-electron chi connectivity index (χ2n) is 15.0. The Morgan fingerprint density at radius 2 is 1.44 bits per heavy atom. The van der Waals surface area contributed by atoms with Crippen LogP contribution in [0.4, 0.5) is 0 Å². The summed E-state index contributed by atoms with van der Waals surface area (Å²) < 4.78 is 33.2. The van der Waals surface area contributed by atoms with Crippen LogP contribution in [-0.2, 0) is 32.7 Å². The summed E-state index contributed by atoms with van der Waals surface area (Å²) in [5, 5.41) is 20.7. The van der Waals surface area contributed by atoms with Crippen LogP contribution in [0.2, 0.25) is 0 Å². The van der Waals surface area contributed by atoms with Crippen LogP contribution in [-0.4, -0.2) is 71.5 Å². The van der Waals surface area contributed by atoms with Gasteiger partial charge in [-0.05, 0) is 63.9 Å². The lowest BCUT2D eigenvalue weighted by atomic mass is 9.88. The summed E-state index contributed by atoms with van der Waals surface area (Å²) in [6.45, 7) is 3.82. The Morgan fingerprint density at radius 3 is 2.11 bits per heavy atom. The monoisotopic (exact) mass is 800 g/mol. The van der Waals surface area contributed by atoms with Crippen LogP contribution < -0.4 is 5.73 Å². The molecule has 11 nitrogen and oxygen atoms in total. The molecule has 0 aliphatic heterocycles. The Morgan fingerprint density at radius 1 is 0.836 bits per heavy atom. The number of esters is 1. The highest BCUT2D eigenvalue weighted by molar-refractivity contribution is 7.47. The van der Waals surface area contributed by atoms with Crippen LogP contribution in [0.15, 0.2) is 36.6 Å². The van der Waals surface area contributed by atoms with E-state index in [-0.39, 0.29) is 56.8 Å². The molecule has 0 heterocycles. The largest absolute Gasteiger partial charge is 0.492 e. The van der Waals surface area contributed by atoms with Crippen LogP contribution in [0.1, 0.15) is 168 Å². The van der Waals surface area contributed by atoms with Crippen LogP contribution in [0.3, 0.4) is 0 Å². The quantitative estimate of drug-likeness (QED) is 0.0155. The fourth-order valence-electron chi connectivity index (χ4n) is 6.69. The van der Waals surface area contributed by atoms with Gasteiger partial charge in [0.15, 0.2) is 6.10 Å². The fourth-order valence-corrected chi connectivity index (χ4v) is 7.46. The molecule has 12 heteroatoms. The van der Waals surface area contributed by atoms with E-state index in [0.717, 1.165) is 64.2 Å². The van der Waals surface area contributed by atoms with Crippen molar-refractivity contribution in [2.24, 2.45) is 17.6 Å². The van der Waals surface area contributed by atoms with Crippen molar-refractivity contribution in [1.29, 1.82) is 0 Å². The van der Waals surface area contributed by atoms with Crippen molar-refractivity contribution >= 4 is 19.6 Å². The van der Waals surface area contributed by atoms with Crippen LogP contribution in [0.5, 0.6) is 0 Å². The predicted octanol–water partition coefficient (Wildman–Crippen LogP) is 9.57. The molecule has 0 aromatic heterocycles. The fraction of sp³-hybridized carbons (Fsp3) is 0.814. The van der Waals surface area contributed by atoms with E-state index in [9.17, 15) is 29.3 Å². The summed E-state index contributed by atoms with van der Waals surface area (Å²) in [7, 11) is -4.33. The van der Waals surface area contributed by atoms with Gasteiger partial charge < -0.3 is 30.3 Å². The number of rotatable bonds is 37. The Hall–Kier alpha value is -1.85. The van der Waals surface area contributed by atoms with Gasteiger partial charge in [0.2, 0.25) is 0 Å². The summed E-state index contributed by atoms with van der Waals surface area (Å²) in [4.78, 5) is 35.0. The molecule has 55 heavy (non-hydrogen) atoms. The van der Waals surface area contributed by atoms with E-state index >= 15 is 0 Å². The van der Waals surface area contributed by atoms with E-state index < -0.39 is 32.1 Å². The molecule has 1 aliphatic carbocycles. The number of phosphoric ester groups is 1. The first kappa shape index (κ1) is 51.2. The summed E-state index contributed by atoms with van der Waals surface area (Å²) in [5.74, 6) is -0.860. The highest BCUT2D eigenvalue weighted by atomic mass is 31.2. The zero-order valence-corrected chi connectivity index (χ0v) is 35.3. The predicted molar refractivity (Wildman–Crippen MR) is 220 cm³/mol. The van der Waals surface area contributed by atoms with E-state index in [4.69, 9.17) is 24.3 Å². The number of aliphatic hydroxyl groups is 2. The molecular formula is C43H78NO10P. The van der Waals surface area contributed by atoms with Crippen LogP contribution >= 0.6 is 7.82 Å². The first-order chi connectivity index (χ1) is 26.6. The molecule has 5 N–H and O–H groups in total. The smallest absolute Gasteiger partial charge is 0.472 e. The first-order valence-corrected chi connectivity index (χ1v) is 23.1. The van der Waals surface area contributed by atoms with E-state index in [2.05, 4.69) is 26.0 Å². The maximum absolute atomic E-state index is 12.6. The molecule has 1 fully saturated rings. The number of ketones is 1. The van der Waals surface area contributed by atoms with Gasteiger partial charge in [-0.25, -0.2) is 4.57 Å². The first-order valence-electron chi connectivity index (χ1n) is 21.6. The van der Waals surface area contributed by atoms with Crippen molar-refractivity contribution in [2.45, 2.75) is 186 Å². The minimum Gasteiger partial charge on any atom is -0.492 e. The van der Waals surface area contributed by atoms with Crippen molar-refractivity contribution < 1.29 is 47.8 Å². The number of carbonyl (C=O) groups excluding carboxylic acids is 2. The molecule has 1 aliphatic rings. The number of hydrogen-bond donors (Lipinski definition) is 4. The Balaban J connectivity index is 2.35. The third kappa shape index (κ3) is 28.2. The molecule has 320 valence electrons. The van der Waals surface area contributed by atoms with Crippen molar-refractivity contribution in [2.75, 3.05) is 26.4 Å². The normalized spacial score (nSPS) is 19.8. The van der Waals surface area contributed by atoms with E-state index in [1.54, 1.807) is 6.08 Å². The number of ether oxygens (including phenoxy) is 2. The number of allylic oxidation sites excluding steroid dienone is 3. The summed E-state index contributed by atoms with van der Waals surface area (Å²) >= 11 is 0. The SMILES string of the molecule is CCCCCCCC/C=C\CCCCCC/C=C/O[C@H](COC(=O)CCCCCC[C@H]1C(=O)C[C@@H](O)[C@@H]1/C=C/[C@@H](O)CCCCC)COP(=O)(O)OCCN. The van der Waals surface area contributed by atoms with Crippen molar-refractivity contribution in [3.8, 4) is 0 Å². The van der Waals surface area contributed by atoms with Crippen molar-refractivity contribution in [1.82, 2.24) is 0 Å². The molecule has 1 unspecified atom stereocenters. The number of aliphatic hydroxyl groups excluding tert-OH is 2. The van der Waals surface area contributed by atoms with Gasteiger partial charge in [-0.15, -0.1) is 0 Å². The standard InChI is InChI=1S/C43H78NO10P/c1-3-5-7-8-9-10-11-12-13-14-15-16-17-18-21-25-32-51-38(36-54-55(49,50)53-33-31-44)35-52-43(48)28-24-20-19-23-27-39-40(42(47)34-41(39)46)30-29-37(45)26-22-6-4-2/h12-13,25,29-30,32,37-40,42,45,47H,3-11,14-24,26-28,31,33-36,44H2,1-2H3,(H,49,50)/b13-12-,30-29+,32-25+/t37-,38+,39+,40+,42+/m0/s1. The lowest BCUT2D eigenvalue weighted by Gasteiger charge is -2.19. The molecular weight excluding hydrogens is 721 g/mol. The summed E-state index contributed by atoms with van der Waals surface area (Å²) in [5.41, 5.74) is 5.36. The molecule has 0 radical (unpaired) electrons. The van der Waals surface area contributed by atoms with Gasteiger partial charge in [0.25, 0.3) is 0 Å². The Kier molecular flexibility index (Phi) is 31.8. The number of phosphoric acid groups is 1. The molecule has 6 atom stereocenters. The lowest BCUT2D eigenvalue weighted by molar-refractivity contribution is -0.147. The topological polar surface area (TPSA) is 175 Å². The number of nitrogens with two attached hydrogens (primary N) is 1. The van der Waals surface area contributed by atoms with Gasteiger partial charge in [0.1, 0.15) is 12.4 Å². The zero-order valence-electron chi connectivity index (χ0n) is 34.4. The molecule has 0 aromatic rings. The van der Waals surface area contributed by atoms with Gasteiger partial charge in [-0.2, -0.15) is 0 Å². The summed E-state index contributed by atoms with van der Waals surface area (Å²) in [6.07, 6.45) is 33.0. The maximum atomic E-state index is 12.6. The minimum absolute atomic E-state index is 0.0636. The molecule has 1 rings (SSSR count). The van der Waals surface area contributed by atoms with Crippen molar-refractivity contribution in [3.05, 3.63) is 36.6 Å². The summed E-state index contributed by atoms with van der Waals surface area (Å²) in [6, 6.07) is 0. The van der Waals surface area contributed by atoms with Crippen LogP contribution in [0, 0.1) is 11.8 Å². The molecule has 0 aromatic carbocycles. The van der Waals surface area contributed by atoms with E-state index in [1.165, 1.54) is 64.0 Å². The Bertz CT molecular complexity index is 1100. The minimum atomic E-state index is -4.33. The van der Waals surface area contributed by atoms with Gasteiger partial charge in [-0.3, -0.25) is 18.6 Å². The third-order valence-electron chi connectivity index (χ3n) is 10.0. The maximum Gasteiger partial charge on any atom is 0.472 e. The van der Waals surface area contributed by atoms with Crippen molar-refractivity contribution in [3.63, 3.8) is 0 Å². The van der Waals surface area contributed by atoms with E-state index in [1.807, 2.05) is 12.2 Å². The van der Waals surface area contributed by atoms with Gasteiger partial charge in [0.05, 0.1) is 31.7 Å². The van der Waals surface area contributed by atoms with Crippen LogP contribution in [0.25, 0.3) is 0 Å². The highest BCUT2D eigenvalue weighted by Crippen LogP contribution is 2.43. The average molecular weight is 800 g/mol. The number of Topliss-reactive ketones (excluding diaryl/α,β-unsaturated/α-hetero) is 1. The average Bonchev–Trinajstić information content (AvgIpc) is 3.43. The molecule has 0 spiro atoms. The van der Waals surface area contributed by atoms with Gasteiger partial charge in [-0.1, -0.05) is 122 Å². The number of unbranched alkanes of at least 4 members (excludes halogenated alkanes) is 16. The lowest BCUT2D eigenvalue weighted by Crippen LogP contribution is -2.25. The third-order valence-corrected chi connectivity index (χ3v) is 11.0. The van der Waals surface area contributed by atoms with Gasteiger partial charge in [0, 0.05) is 31.2 Å². The highest BCUT2D eigenvalue weighted by Gasteiger charge is 2.39. The number of carbonyl (C=O) groups is 2. The molecule has 1 saturated carbocycles. The second-order valence-corrected chi connectivity index (χ2v) is 16.5. The number of hydrogen-bond acceptors (Lipinski definition) is 10. The zero-order chi connectivity index (χ0) is 40.4. The molecule has 0 saturated heterocycles. The second kappa shape index (κ2) is 34.2.